The number of rotatable bonds is 8. The summed E-state index contributed by atoms with van der Waals surface area (Å²) in [6.45, 7) is 10.0. The number of benzene rings is 2. The highest BCUT2D eigenvalue weighted by Gasteiger charge is 2.19. The first-order valence-electron chi connectivity index (χ1n) is 8.81. The highest BCUT2D eigenvalue weighted by Crippen LogP contribution is 2.26. The average Bonchev–Trinajstić information content (AvgIpc) is 2.64. The molecule has 142 valence electrons. The summed E-state index contributed by atoms with van der Waals surface area (Å²) in [6, 6.07) is 11.3. The molecule has 26 heavy (non-hydrogen) atoms. The molecule has 0 aliphatic carbocycles. The quantitative estimate of drug-likeness (QED) is 0.764. The number of anilines is 1. The van der Waals surface area contributed by atoms with Crippen LogP contribution < -0.4 is 14.4 Å². The third kappa shape index (κ3) is 4.37. The summed E-state index contributed by atoms with van der Waals surface area (Å²) in [5, 5.41) is 0. The summed E-state index contributed by atoms with van der Waals surface area (Å²) >= 11 is 0. The Hall–Kier alpha value is -2.05. The molecule has 1 N–H and O–H groups in total. The smallest absolute Gasteiger partial charge is 0.241 e. The van der Waals surface area contributed by atoms with Crippen molar-refractivity contribution >= 4 is 15.7 Å². The highest BCUT2D eigenvalue weighted by atomic mass is 32.2. The zero-order chi connectivity index (χ0) is 19.3. The van der Waals surface area contributed by atoms with Gasteiger partial charge in [-0.1, -0.05) is 12.1 Å². The predicted octanol–water partition coefficient (Wildman–Crippen LogP) is 3.64. The Kier molecular flexibility index (Phi) is 6.67. The van der Waals surface area contributed by atoms with Gasteiger partial charge in [-0.05, 0) is 68.7 Å². The average molecular weight is 377 g/mol. The lowest BCUT2D eigenvalue weighted by molar-refractivity contribution is 0.410. The number of sulfonamides is 1. The van der Waals surface area contributed by atoms with Crippen molar-refractivity contribution in [2.45, 2.75) is 39.1 Å². The Bertz CT molecular complexity index is 842. The summed E-state index contributed by atoms with van der Waals surface area (Å²) in [6.07, 6.45) is 0. The van der Waals surface area contributed by atoms with Crippen molar-refractivity contribution in [3.05, 3.63) is 53.1 Å². The van der Waals surface area contributed by atoms with Crippen molar-refractivity contribution < 1.29 is 13.2 Å². The van der Waals surface area contributed by atoms with Crippen LogP contribution >= 0.6 is 0 Å². The molecule has 0 heterocycles. The van der Waals surface area contributed by atoms with Crippen LogP contribution in [0.5, 0.6) is 5.75 Å². The molecule has 0 aliphatic rings. The maximum atomic E-state index is 12.7. The molecule has 0 unspecified atom stereocenters. The van der Waals surface area contributed by atoms with Gasteiger partial charge in [-0.2, -0.15) is 0 Å². The number of hydrogen-bond acceptors (Lipinski definition) is 4. The van der Waals surface area contributed by atoms with Crippen LogP contribution in [0, 0.1) is 13.8 Å². The maximum Gasteiger partial charge on any atom is 0.241 e. The molecule has 0 aromatic heterocycles. The summed E-state index contributed by atoms with van der Waals surface area (Å²) in [7, 11) is -2.01. The first-order valence-corrected chi connectivity index (χ1v) is 10.3. The molecule has 0 bridgehead atoms. The summed E-state index contributed by atoms with van der Waals surface area (Å²) in [4.78, 5) is 2.54. The van der Waals surface area contributed by atoms with Crippen molar-refractivity contribution in [2.75, 3.05) is 25.1 Å². The molecule has 0 saturated carbocycles. The van der Waals surface area contributed by atoms with Crippen LogP contribution in [0.25, 0.3) is 0 Å². The third-order valence-electron chi connectivity index (χ3n) is 4.73. The second kappa shape index (κ2) is 8.56. The zero-order valence-corrected chi connectivity index (χ0v) is 17.0. The molecule has 5 nitrogen and oxygen atoms in total. The van der Waals surface area contributed by atoms with Gasteiger partial charge >= 0.3 is 0 Å². The molecular weight excluding hydrogens is 348 g/mol. The molecule has 2 aromatic rings. The van der Waals surface area contributed by atoms with E-state index in [2.05, 4.69) is 23.5 Å². The van der Waals surface area contributed by atoms with Crippen LogP contribution in [0.2, 0.25) is 0 Å². The van der Waals surface area contributed by atoms with Gasteiger partial charge in [0.25, 0.3) is 0 Å². The Morgan fingerprint density at radius 2 is 1.58 bits per heavy atom. The van der Waals surface area contributed by atoms with Gasteiger partial charge in [-0.15, -0.1) is 0 Å². The molecule has 0 fully saturated rings. The third-order valence-corrected chi connectivity index (χ3v) is 6.27. The van der Waals surface area contributed by atoms with Crippen molar-refractivity contribution in [3.63, 3.8) is 0 Å². The van der Waals surface area contributed by atoms with E-state index < -0.39 is 10.0 Å². The molecule has 0 amide bonds. The van der Waals surface area contributed by atoms with E-state index in [9.17, 15) is 8.42 Å². The van der Waals surface area contributed by atoms with E-state index in [0.717, 1.165) is 29.9 Å². The predicted molar refractivity (Wildman–Crippen MR) is 106 cm³/mol. The second-order valence-electron chi connectivity index (χ2n) is 6.18. The van der Waals surface area contributed by atoms with Crippen molar-refractivity contribution in [1.29, 1.82) is 0 Å². The molecule has 2 rings (SSSR count). The largest absolute Gasteiger partial charge is 0.496 e. The van der Waals surface area contributed by atoms with E-state index >= 15 is 0 Å². The standard InChI is InChI=1S/C20H28N2O3S/c1-6-22(7-2)18-10-8-17(9-11-18)14-21-26(23,24)20-13-12-19(25-5)15(3)16(20)4/h8-13,21H,6-7,14H2,1-5H3. The Morgan fingerprint density at radius 3 is 2.12 bits per heavy atom. The first-order chi connectivity index (χ1) is 12.3. The number of ether oxygens (including phenoxy) is 1. The van der Waals surface area contributed by atoms with Gasteiger partial charge in [-0.3, -0.25) is 0 Å². The molecule has 0 aliphatic heterocycles. The van der Waals surface area contributed by atoms with E-state index in [4.69, 9.17) is 4.74 Å². The minimum Gasteiger partial charge on any atom is -0.496 e. The van der Waals surface area contributed by atoms with Crippen LogP contribution in [0.3, 0.4) is 0 Å². The SMILES string of the molecule is CCN(CC)c1ccc(CNS(=O)(=O)c2ccc(OC)c(C)c2C)cc1. The molecular formula is C20H28N2O3S. The first kappa shape index (κ1) is 20.3. The van der Waals surface area contributed by atoms with Gasteiger partial charge in [0.05, 0.1) is 12.0 Å². The molecule has 6 heteroatoms. The van der Waals surface area contributed by atoms with Gasteiger partial charge in [-0.25, -0.2) is 13.1 Å². The number of nitrogens with one attached hydrogen (secondary N) is 1. The molecule has 0 radical (unpaired) electrons. The van der Waals surface area contributed by atoms with Gasteiger partial charge in [0.2, 0.25) is 10.0 Å². The van der Waals surface area contributed by atoms with E-state index in [0.29, 0.717) is 11.3 Å². The van der Waals surface area contributed by atoms with E-state index in [1.54, 1.807) is 26.2 Å². The summed E-state index contributed by atoms with van der Waals surface area (Å²) in [5.74, 6) is 0.688. The second-order valence-corrected chi connectivity index (χ2v) is 7.91. The van der Waals surface area contributed by atoms with Crippen LogP contribution in [0.4, 0.5) is 5.69 Å². The van der Waals surface area contributed by atoms with Crippen LogP contribution in [0.1, 0.15) is 30.5 Å². The fourth-order valence-electron chi connectivity index (χ4n) is 2.95. The lowest BCUT2D eigenvalue weighted by Crippen LogP contribution is -2.24. The lowest BCUT2D eigenvalue weighted by atomic mass is 10.1. The van der Waals surface area contributed by atoms with Crippen LogP contribution in [0.15, 0.2) is 41.3 Å². The van der Waals surface area contributed by atoms with E-state index in [1.165, 1.54) is 0 Å². The van der Waals surface area contributed by atoms with Crippen molar-refractivity contribution in [1.82, 2.24) is 4.72 Å². The molecule has 0 spiro atoms. The van der Waals surface area contributed by atoms with E-state index in [1.807, 2.05) is 31.2 Å². The zero-order valence-electron chi connectivity index (χ0n) is 16.2. The van der Waals surface area contributed by atoms with Crippen molar-refractivity contribution in [2.24, 2.45) is 0 Å². The summed E-state index contributed by atoms with van der Waals surface area (Å²) in [5.41, 5.74) is 3.60. The molecule has 0 atom stereocenters. The minimum absolute atomic E-state index is 0.255. The Labute approximate surface area is 157 Å². The maximum absolute atomic E-state index is 12.7. The van der Waals surface area contributed by atoms with Gasteiger partial charge < -0.3 is 9.64 Å². The minimum atomic E-state index is -3.59. The fraction of sp³-hybridized carbons (Fsp3) is 0.400. The topological polar surface area (TPSA) is 58.6 Å². The fourth-order valence-corrected chi connectivity index (χ4v) is 4.27. The lowest BCUT2D eigenvalue weighted by Gasteiger charge is -2.21. The normalized spacial score (nSPS) is 11.4. The number of methoxy groups -OCH3 is 1. The molecule has 2 aromatic carbocycles. The van der Waals surface area contributed by atoms with Crippen LogP contribution in [-0.4, -0.2) is 28.6 Å². The van der Waals surface area contributed by atoms with Crippen LogP contribution in [-0.2, 0) is 16.6 Å². The number of hydrogen-bond donors (Lipinski definition) is 1. The van der Waals surface area contributed by atoms with E-state index in [-0.39, 0.29) is 11.4 Å². The summed E-state index contributed by atoms with van der Waals surface area (Å²) < 4.78 is 33.3. The monoisotopic (exact) mass is 376 g/mol. The Balaban J connectivity index is 2.15. The van der Waals surface area contributed by atoms with Crippen molar-refractivity contribution in [3.8, 4) is 5.75 Å². The Morgan fingerprint density at radius 1 is 0.962 bits per heavy atom. The highest BCUT2D eigenvalue weighted by molar-refractivity contribution is 7.89. The van der Waals surface area contributed by atoms with Gasteiger partial charge in [0.1, 0.15) is 5.75 Å². The molecule has 0 saturated heterocycles. The van der Waals surface area contributed by atoms with Gasteiger partial charge in [0.15, 0.2) is 0 Å². The van der Waals surface area contributed by atoms with Gasteiger partial charge in [0, 0.05) is 25.3 Å². The number of nitrogens with zero attached hydrogens (tertiary/aromatic N) is 1.